The van der Waals surface area contributed by atoms with E-state index < -0.39 is 17.8 Å². The van der Waals surface area contributed by atoms with Gasteiger partial charge in [-0.3, -0.25) is 14.9 Å². The first-order valence-corrected chi connectivity index (χ1v) is 9.96. The summed E-state index contributed by atoms with van der Waals surface area (Å²) < 4.78 is 16.6. The van der Waals surface area contributed by atoms with Crippen LogP contribution in [-0.2, 0) is 9.59 Å². The smallest absolute Gasteiger partial charge is 0.335 e. The van der Waals surface area contributed by atoms with E-state index in [0.717, 1.165) is 4.90 Å². The lowest BCUT2D eigenvalue weighted by atomic mass is 10.1. The first-order valence-electron chi connectivity index (χ1n) is 8.89. The molecule has 0 unspecified atom stereocenters. The Labute approximate surface area is 192 Å². The number of nitrogens with zero attached hydrogens (tertiary/aromatic N) is 1. The zero-order valence-corrected chi connectivity index (χ0v) is 18.8. The lowest BCUT2D eigenvalue weighted by molar-refractivity contribution is -0.122. The highest BCUT2D eigenvalue weighted by Crippen LogP contribution is 2.35. The molecule has 2 aromatic carbocycles. The van der Waals surface area contributed by atoms with Crippen LogP contribution in [0.25, 0.3) is 6.08 Å². The molecule has 0 bridgehead atoms. The average Bonchev–Trinajstić information content (AvgIpc) is 2.76. The summed E-state index contributed by atoms with van der Waals surface area (Å²) in [7, 11) is 2.97. The molecule has 0 aliphatic carbocycles. The van der Waals surface area contributed by atoms with Crippen molar-refractivity contribution >= 4 is 52.2 Å². The Morgan fingerprint density at radius 2 is 1.84 bits per heavy atom. The van der Waals surface area contributed by atoms with Gasteiger partial charge in [0.1, 0.15) is 17.9 Å². The minimum atomic E-state index is -0.831. The number of urea groups is 1. The predicted molar refractivity (Wildman–Crippen MR) is 122 cm³/mol. The number of halogens is 1. The SMILES string of the molecule is C#CCOc1c(I)cc(/C=C2\C(=O)NC(=O)N(c3ccc(OC)cc3)C2=O)cc1OC. The highest BCUT2D eigenvalue weighted by Gasteiger charge is 2.36. The molecular formula is C22H17IN2O6. The molecule has 1 heterocycles. The zero-order valence-electron chi connectivity index (χ0n) is 16.6. The topological polar surface area (TPSA) is 94.2 Å². The molecular weight excluding hydrogens is 515 g/mol. The summed E-state index contributed by atoms with van der Waals surface area (Å²) in [6.45, 7) is 0.0621. The van der Waals surface area contributed by atoms with Crippen molar-refractivity contribution in [2.24, 2.45) is 0 Å². The molecule has 31 heavy (non-hydrogen) atoms. The van der Waals surface area contributed by atoms with Gasteiger partial charge in [-0.2, -0.15) is 0 Å². The molecule has 0 spiro atoms. The summed E-state index contributed by atoms with van der Waals surface area (Å²) in [6, 6.07) is 8.80. The molecule has 9 heteroatoms. The van der Waals surface area contributed by atoms with E-state index in [9.17, 15) is 14.4 Å². The van der Waals surface area contributed by atoms with Gasteiger partial charge in [-0.25, -0.2) is 9.69 Å². The predicted octanol–water partition coefficient (Wildman–Crippen LogP) is 2.99. The molecule has 1 aliphatic heterocycles. The van der Waals surface area contributed by atoms with Gasteiger partial charge in [0.05, 0.1) is 23.5 Å². The Kier molecular flexibility index (Phi) is 6.81. The van der Waals surface area contributed by atoms with Crippen molar-refractivity contribution in [2.75, 3.05) is 25.7 Å². The number of nitrogens with one attached hydrogen (secondary N) is 1. The van der Waals surface area contributed by atoms with Crippen molar-refractivity contribution in [1.82, 2.24) is 5.32 Å². The molecule has 1 aliphatic rings. The minimum Gasteiger partial charge on any atom is -0.497 e. The normalized spacial score (nSPS) is 14.8. The van der Waals surface area contributed by atoms with Crippen molar-refractivity contribution in [3.63, 3.8) is 0 Å². The lowest BCUT2D eigenvalue weighted by Gasteiger charge is -2.26. The monoisotopic (exact) mass is 532 g/mol. The highest BCUT2D eigenvalue weighted by molar-refractivity contribution is 14.1. The van der Waals surface area contributed by atoms with Crippen molar-refractivity contribution in [1.29, 1.82) is 0 Å². The van der Waals surface area contributed by atoms with Gasteiger partial charge in [0.2, 0.25) is 0 Å². The van der Waals surface area contributed by atoms with Gasteiger partial charge in [0, 0.05) is 0 Å². The molecule has 2 aromatic rings. The number of hydrogen-bond acceptors (Lipinski definition) is 6. The van der Waals surface area contributed by atoms with Crippen LogP contribution in [-0.4, -0.2) is 38.7 Å². The standard InChI is InChI=1S/C22H17IN2O6/c1-4-9-31-19-17(23)11-13(12-18(19)30-3)10-16-20(26)24-22(28)25(21(16)27)14-5-7-15(29-2)8-6-14/h1,5-8,10-12H,9H2,2-3H3,(H,24,26,28)/b16-10+. The Morgan fingerprint density at radius 1 is 1.13 bits per heavy atom. The van der Waals surface area contributed by atoms with E-state index in [4.69, 9.17) is 20.6 Å². The number of amides is 4. The zero-order chi connectivity index (χ0) is 22.5. The van der Waals surface area contributed by atoms with Gasteiger partial charge in [0.25, 0.3) is 11.8 Å². The first kappa shape index (κ1) is 22.2. The van der Waals surface area contributed by atoms with E-state index >= 15 is 0 Å². The number of carbonyl (C=O) groups excluding carboxylic acids is 3. The van der Waals surface area contributed by atoms with Crippen molar-refractivity contribution < 1.29 is 28.6 Å². The molecule has 3 rings (SSSR count). The Balaban J connectivity index is 1.99. The van der Waals surface area contributed by atoms with Gasteiger partial charge in [-0.1, -0.05) is 5.92 Å². The maximum atomic E-state index is 13.0. The van der Waals surface area contributed by atoms with E-state index in [1.165, 1.54) is 20.3 Å². The molecule has 0 saturated carbocycles. The summed E-state index contributed by atoms with van der Waals surface area (Å²) >= 11 is 2.04. The number of methoxy groups -OCH3 is 2. The summed E-state index contributed by atoms with van der Waals surface area (Å²) in [4.78, 5) is 38.6. The Hall–Kier alpha value is -3.52. The second kappa shape index (κ2) is 9.53. The molecule has 4 amide bonds. The number of terminal acetylenes is 1. The number of rotatable bonds is 6. The number of benzene rings is 2. The maximum absolute atomic E-state index is 13.0. The van der Waals surface area contributed by atoms with Crippen LogP contribution < -0.4 is 24.4 Å². The van der Waals surface area contributed by atoms with Crippen LogP contribution in [0.15, 0.2) is 42.0 Å². The molecule has 158 valence electrons. The molecule has 0 radical (unpaired) electrons. The third-order valence-corrected chi connectivity index (χ3v) is 5.10. The quantitative estimate of drug-likeness (QED) is 0.266. The highest BCUT2D eigenvalue weighted by atomic mass is 127. The molecule has 1 N–H and O–H groups in total. The fourth-order valence-electron chi connectivity index (χ4n) is 2.87. The summed E-state index contributed by atoms with van der Waals surface area (Å²) in [5.41, 5.74) is 0.606. The first-order chi connectivity index (χ1) is 14.9. The summed E-state index contributed by atoms with van der Waals surface area (Å²) in [5, 5.41) is 2.19. The second-order valence-corrected chi connectivity index (χ2v) is 7.34. The Bertz CT molecular complexity index is 1120. The average molecular weight is 532 g/mol. The van der Waals surface area contributed by atoms with Gasteiger partial charge in [0.15, 0.2) is 11.5 Å². The van der Waals surface area contributed by atoms with Crippen molar-refractivity contribution in [3.05, 3.63) is 51.1 Å². The van der Waals surface area contributed by atoms with E-state index in [1.54, 1.807) is 36.4 Å². The van der Waals surface area contributed by atoms with Gasteiger partial charge in [-0.15, -0.1) is 6.42 Å². The number of imide groups is 2. The van der Waals surface area contributed by atoms with E-state index in [0.29, 0.717) is 32.1 Å². The van der Waals surface area contributed by atoms with Crippen LogP contribution in [0, 0.1) is 15.9 Å². The number of anilines is 1. The number of carbonyl (C=O) groups is 3. The van der Waals surface area contributed by atoms with Crippen LogP contribution in [0.2, 0.25) is 0 Å². The van der Waals surface area contributed by atoms with Gasteiger partial charge < -0.3 is 14.2 Å². The lowest BCUT2D eigenvalue weighted by Crippen LogP contribution is -2.54. The van der Waals surface area contributed by atoms with Gasteiger partial charge in [-0.05, 0) is 70.6 Å². The molecule has 1 saturated heterocycles. The number of barbiturate groups is 1. The van der Waals surface area contributed by atoms with E-state index in [-0.39, 0.29) is 12.2 Å². The second-order valence-electron chi connectivity index (χ2n) is 6.18. The van der Waals surface area contributed by atoms with E-state index in [2.05, 4.69) is 11.2 Å². The van der Waals surface area contributed by atoms with Crippen molar-refractivity contribution in [2.45, 2.75) is 0 Å². The maximum Gasteiger partial charge on any atom is 0.335 e. The third-order valence-electron chi connectivity index (χ3n) is 4.29. The third kappa shape index (κ3) is 4.64. The molecule has 1 fully saturated rings. The number of hydrogen-bond donors (Lipinski definition) is 1. The number of ether oxygens (including phenoxy) is 3. The largest absolute Gasteiger partial charge is 0.497 e. The van der Waals surface area contributed by atoms with Crippen LogP contribution in [0.1, 0.15) is 5.56 Å². The summed E-state index contributed by atoms with van der Waals surface area (Å²) in [5.74, 6) is 2.25. The minimum absolute atomic E-state index is 0.0621. The van der Waals surface area contributed by atoms with Crippen LogP contribution in [0.5, 0.6) is 17.2 Å². The van der Waals surface area contributed by atoms with Crippen LogP contribution in [0.4, 0.5) is 10.5 Å². The van der Waals surface area contributed by atoms with Gasteiger partial charge >= 0.3 is 6.03 Å². The molecule has 0 atom stereocenters. The fraction of sp³-hybridized carbons (Fsp3) is 0.136. The fourth-order valence-corrected chi connectivity index (χ4v) is 3.65. The Morgan fingerprint density at radius 3 is 2.45 bits per heavy atom. The summed E-state index contributed by atoms with van der Waals surface area (Å²) in [6.07, 6.45) is 6.63. The van der Waals surface area contributed by atoms with Crippen LogP contribution in [0.3, 0.4) is 0 Å². The molecule has 8 nitrogen and oxygen atoms in total. The van der Waals surface area contributed by atoms with Crippen LogP contribution >= 0.6 is 22.6 Å². The van der Waals surface area contributed by atoms with Crippen molar-refractivity contribution in [3.8, 4) is 29.6 Å². The molecule has 0 aromatic heterocycles. The van der Waals surface area contributed by atoms with E-state index in [1.807, 2.05) is 22.6 Å².